The second kappa shape index (κ2) is 6.44. The van der Waals surface area contributed by atoms with Crippen LogP contribution >= 0.6 is 0 Å². The molecule has 1 radical (unpaired) electrons. The van der Waals surface area contributed by atoms with Crippen LogP contribution in [0, 0.1) is 13.8 Å². The quantitative estimate of drug-likeness (QED) is 0.590. The molecule has 0 heterocycles. The van der Waals surface area contributed by atoms with Crippen molar-refractivity contribution < 1.29 is 14.6 Å². The summed E-state index contributed by atoms with van der Waals surface area (Å²) in [7, 11) is 0. The molecule has 23 heavy (non-hydrogen) atoms. The van der Waals surface area contributed by atoms with Crippen LogP contribution in [0.4, 0.5) is 0 Å². The lowest BCUT2D eigenvalue weighted by atomic mass is 10.1. The number of para-hydroxylation sites is 2. The van der Waals surface area contributed by atoms with E-state index in [9.17, 15) is 5.11 Å². The van der Waals surface area contributed by atoms with Gasteiger partial charge in [0.15, 0.2) is 5.75 Å². The van der Waals surface area contributed by atoms with Crippen molar-refractivity contribution in [2.24, 2.45) is 0 Å². The highest BCUT2D eigenvalue weighted by Crippen LogP contribution is 2.43. The molecular formula is C20H17O3. The van der Waals surface area contributed by atoms with Crippen molar-refractivity contribution in [3.8, 4) is 28.7 Å². The maximum Gasteiger partial charge on any atom is 0.221 e. The summed E-state index contributed by atoms with van der Waals surface area (Å²) in [5.41, 5.74) is 1.49. The van der Waals surface area contributed by atoms with Gasteiger partial charge in [-0.2, -0.15) is 0 Å². The van der Waals surface area contributed by atoms with Crippen molar-refractivity contribution in [3.05, 3.63) is 77.9 Å². The molecule has 0 amide bonds. The van der Waals surface area contributed by atoms with Gasteiger partial charge >= 0.3 is 0 Å². The zero-order valence-electron chi connectivity index (χ0n) is 13.1. The second-order valence-electron chi connectivity index (χ2n) is 5.31. The van der Waals surface area contributed by atoms with E-state index >= 15 is 0 Å². The molecule has 115 valence electrons. The van der Waals surface area contributed by atoms with E-state index in [0.29, 0.717) is 22.8 Å². The first-order chi connectivity index (χ1) is 11.1. The lowest BCUT2D eigenvalue weighted by molar-refractivity contribution is 0.325. The summed E-state index contributed by atoms with van der Waals surface area (Å²) < 4.78 is 11.7. The minimum absolute atomic E-state index is 0.149. The second-order valence-corrected chi connectivity index (χ2v) is 5.31. The normalized spacial score (nSPS) is 10.3. The molecule has 0 saturated carbocycles. The van der Waals surface area contributed by atoms with Crippen LogP contribution in [0.25, 0.3) is 0 Å². The zero-order chi connectivity index (χ0) is 16.2. The fourth-order valence-corrected chi connectivity index (χ4v) is 2.41. The van der Waals surface area contributed by atoms with Gasteiger partial charge in [0, 0.05) is 5.56 Å². The van der Waals surface area contributed by atoms with E-state index in [1.165, 1.54) is 0 Å². The fraction of sp³-hybridized carbons (Fsp3) is 0.100. The molecular weight excluding hydrogens is 288 g/mol. The van der Waals surface area contributed by atoms with Crippen molar-refractivity contribution in [2.45, 2.75) is 13.8 Å². The van der Waals surface area contributed by atoms with E-state index in [-0.39, 0.29) is 5.75 Å². The summed E-state index contributed by atoms with van der Waals surface area (Å²) in [6.07, 6.45) is 0. The van der Waals surface area contributed by atoms with Gasteiger partial charge in [0.25, 0.3) is 0 Å². The van der Waals surface area contributed by atoms with Gasteiger partial charge in [0.05, 0.1) is 0 Å². The SMILES string of the molecule is Cc1cc([O])c(Oc2ccccc2)c(C)c1Oc1ccccc1. The van der Waals surface area contributed by atoms with Crippen LogP contribution in [0.15, 0.2) is 66.7 Å². The third-order valence-corrected chi connectivity index (χ3v) is 3.54. The summed E-state index contributed by atoms with van der Waals surface area (Å²) >= 11 is 0. The summed E-state index contributed by atoms with van der Waals surface area (Å²) in [5.74, 6) is 2.16. The zero-order valence-corrected chi connectivity index (χ0v) is 13.1. The average molecular weight is 305 g/mol. The molecule has 0 spiro atoms. The minimum atomic E-state index is -0.149. The van der Waals surface area contributed by atoms with E-state index in [1.807, 2.05) is 74.5 Å². The predicted octanol–water partition coefficient (Wildman–Crippen LogP) is 6.03. The summed E-state index contributed by atoms with van der Waals surface area (Å²) in [6.45, 7) is 3.70. The smallest absolute Gasteiger partial charge is 0.221 e. The highest BCUT2D eigenvalue weighted by molar-refractivity contribution is 5.58. The molecule has 0 atom stereocenters. The number of aryl methyl sites for hydroxylation is 1. The molecule has 0 aliphatic carbocycles. The third-order valence-electron chi connectivity index (χ3n) is 3.54. The monoisotopic (exact) mass is 305 g/mol. The van der Waals surface area contributed by atoms with Gasteiger partial charge < -0.3 is 9.47 Å². The molecule has 0 fully saturated rings. The minimum Gasteiger partial charge on any atom is -0.457 e. The largest absolute Gasteiger partial charge is 0.457 e. The van der Waals surface area contributed by atoms with Crippen LogP contribution in [0.2, 0.25) is 0 Å². The Labute approximate surface area is 135 Å². The molecule has 0 aliphatic rings. The molecule has 3 nitrogen and oxygen atoms in total. The summed E-state index contributed by atoms with van der Waals surface area (Å²) in [5, 5.41) is 12.3. The van der Waals surface area contributed by atoms with Crippen LogP contribution < -0.4 is 9.47 Å². The fourth-order valence-electron chi connectivity index (χ4n) is 2.41. The van der Waals surface area contributed by atoms with Crippen LogP contribution in [0.5, 0.6) is 28.7 Å². The maximum absolute atomic E-state index is 12.3. The molecule has 0 aliphatic heterocycles. The maximum atomic E-state index is 12.3. The third kappa shape index (κ3) is 3.29. The molecule has 0 saturated heterocycles. The van der Waals surface area contributed by atoms with Crippen molar-refractivity contribution in [1.82, 2.24) is 0 Å². The molecule has 3 aromatic carbocycles. The number of hydrogen-bond acceptors (Lipinski definition) is 2. The summed E-state index contributed by atoms with van der Waals surface area (Å²) in [6, 6.07) is 20.3. The highest BCUT2D eigenvalue weighted by atomic mass is 16.5. The lowest BCUT2D eigenvalue weighted by Crippen LogP contribution is -1.95. The van der Waals surface area contributed by atoms with Crippen molar-refractivity contribution in [3.63, 3.8) is 0 Å². The molecule has 3 aromatic rings. The molecule has 0 unspecified atom stereocenters. The van der Waals surface area contributed by atoms with E-state index < -0.39 is 0 Å². The van der Waals surface area contributed by atoms with Crippen LogP contribution in [-0.2, 0) is 5.11 Å². The van der Waals surface area contributed by atoms with E-state index in [2.05, 4.69) is 0 Å². The van der Waals surface area contributed by atoms with Crippen molar-refractivity contribution >= 4 is 0 Å². The van der Waals surface area contributed by atoms with E-state index in [4.69, 9.17) is 9.47 Å². The Hall–Kier alpha value is -2.94. The Morgan fingerprint density at radius 3 is 1.70 bits per heavy atom. The van der Waals surface area contributed by atoms with Gasteiger partial charge in [0.2, 0.25) is 5.75 Å². The van der Waals surface area contributed by atoms with Gasteiger partial charge in [0.1, 0.15) is 17.2 Å². The topological polar surface area (TPSA) is 38.4 Å². The average Bonchev–Trinajstić information content (AvgIpc) is 2.57. The first kappa shape index (κ1) is 15.0. The van der Waals surface area contributed by atoms with Crippen LogP contribution in [0.1, 0.15) is 11.1 Å². The Kier molecular flexibility index (Phi) is 4.20. The number of rotatable bonds is 4. The van der Waals surface area contributed by atoms with Gasteiger partial charge in [-0.3, -0.25) is 5.11 Å². The Morgan fingerprint density at radius 2 is 1.17 bits per heavy atom. The first-order valence-electron chi connectivity index (χ1n) is 7.42. The molecule has 0 bridgehead atoms. The molecule has 3 rings (SSSR count). The van der Waals surface area contributed by atoms with Crippen molar-refractivity contribution in [2.75, 3.05) is 0 Å². The van der Waals surface area contributed by atoms with Crippen LogP contribution in [0.3, 0.4) is 0 Å². The molecule has 0 aromatic heterocycles. The summed E-state index contributed by atoms with van der Waals surface area (Å²) in [4.78, 5) is 0. The first-order valence-corrected chi connectivity index (χ1v) is 7.42. The van der Waals surface area contributed by atoms with Gasteiger partial charge in [-0.15, -0.1) is 0 Å². The molecule has 3 heteroatoms. The lowest BCUT2D eigenvalue weighted by Gasteiger charge is -2.16. The number of benzene rings is 3. The van der Waals surface area contributed by atoms with Gasteiger partial charge in [-0.25, -0.2) is 0 Å². The van der Waals surface area contributed by atoms with E-state index in [1.54, 1.807) is 6.07 Å². The standard InChI is InChI=1S/C20H17O3/c1-14-13-18(21)20(23-17-11-7-4-8-12-17)15(2)19(14)22-16-9-5-3-6-10-16/h3-13H,1-2H3. The van der Waals surface area contributed by atoms with Gasteiger partial charge in [-0.1, -0.05) is 36.4 Å². The van der Waals surface area contributed by atoms with Crippen molar-refractivity contribution in [1.29, 1.82) is 0 Å². The number of hydrogen-bond donors (Lipinski definition) is 0. The number of ether oxygens (including phenoxy) is 2. The Bertz CT molecular complexity index is 730. The van der Waals surface area contributed by atoms with E-state index in [0.717, 1.165) is 11.3 Å². The highest BCUT2D eigenvalue weighted by Gasteiger charge is 2.18. The Balaban J connectivity index is 1.99. The Morgan fingerprint density at radius 1 is 0.696 bits per heavy atom. The van der Waals surface area contributed by atoms with Gasteiger partial charge in [-0.05, 0) is 49.7 Å². The van der Waals surface area contributed by atoms with Crippen LogP contribution in [-0.4, -0.2) is 0 Å². The predicted molar refractivity (Wildman–Crippen MR) is 89.1 cm³/mol. The molecule has 0 N–H and O–H groups in total.